The van der Waals surface area contributed by atoms with E-state index in [2.05, 4.69) is 4.98 Å². The number of pyridine rings is 1. The molecule has 7 nitrogen and oxygen atoms in total. The topological polar surface area (TPSA) is 85.0 Å². The number of para-hydroxylation sites is 1. The summed E-state index contributed by atoms with van der Waals surface area (Å²) in [6.07, 6.45) is 5.15. The molecule has 36 heavy (non-hydrogen) atoms. The molecule has 0 atom stereocenters. The van der Waals surface area contributed by atoms with Crippen LogP contribution in [0.2, 0.25) is 0 Å². The van der Waals surface area contributed by atoms with E-state index in [0.29, 0.717) is 33.7 Å². The number of aromatic nitrogens is 1. The summed E-state index contributed by atoms with van der Waals surface area (Å²) in [7, 11) is 1.34. The van der Waals surface area contributed by atoms with E-state index in [1.54, 1.807) is 53.7 Å². The summed E-state index contributed by atoms with van der Waals surface area (Å²) in [6, 6.07) is 23.9. The first kappa shape index (κ1) is 23.3. The second-order valence-electron chi connectivity index (χ2n) is 7.87. The molecule has 8 heteroatoms. The molecule has 1 amide bonds. The van der Waals surface area contributed by atoms with Crippen molar-refractivity contribution in [2.24, 2.45) is 4.99 Å². The Morgan fingerprint density at radius 1 is 1.08 bits per heavy atom. The van der Waals surface area contributed by atoms with Crippen LogP contribution >= 0.6 is 11.8 Å². The van der Waals surface area contributed by atoms with Crippen LogP contribution in [-0.2, 0) is 16.1 Å². The van der Waals surface area contributed by atoms with Gasteiger partial charge < -0.3 is 9.15 Å². The van der Waals surface area contributed by atoms with E-state index >= 15 is 0 Å². The zero-order chi connectivity index (χ0) is 24.9. The summed E-state index contributed by atoms with van der Waals surface area (Å²) in [4.78, 5) is 36.3. The third-order valence-electron chi connectivity index (χ3n) is 5.40. The first-order chi connectivity index (χ1) is 17.6. The maximum Gasteiger partial charge on any atom is 0.337 e. The monoisotopic (exact) mass is 495 g/mol. The largest absolute Gasteiger partial charge is 0.465 e. The molecular formula is C28H21N3O4S. The zero-order valence-corrected chi connectivity index (χ0v) is 20.1. The minimum absolute atomic E-state index is 0.163. The number of nitrogens with zero attached hydrogens (tertiary/aromatic N) is 3. The number of hydrogen-bond acceptors (Lipinski definition) is 7. The molecule has 1 aliphatic rings. The van der Waals surface area contributed by atoms with Gasteiger partial charge in [0.05, 0.1) is 29.8 Å². The lowest BCUT2D eigenvalue weighted by Crippen LogP contribution is -2.28. The molecule has 1 aliphatic heterocycles. The first-order valence-corrected chi connectivity index (χ1v) is 11.9. The molecule has 1 fully saturated rings. The van der Waals surface area contributed by atoms with E-state index in [1.165, 1.54) is 18.9 Å². The van der Waals surface area contributed by atoms with Crippen molar-refractivity contribution in [3.05, 3.63) is 113 Å². The van der Waals surface area contributed by atoms with Crippen LogP contribution in [0, 0.1) is 0 Å². The summed E-state index contributed by atoms with van der Waals surface area (Å²) < 4.78 is 10.8. The maximum absolute atomic E-state index is 13.4. The second-order valence-corrected chi connectivity index (χ2v) is 8.88. The minimum atomic E-state index is -0.419. The standard InChI is InChI=1S/C28H21N3O4S/c1-34-27(33)21-9-5-8-20(15-21)24-13-12-23(35-24)16-25-26(32)31(18-19-7-6-14-29-17-19)28(36-25)30-22-10-3-2-4-11-22/h2-17H,18H2,1H3. The highest BCUT2D eigenvalue weighted by atomic mass is 32.2. The van der Waals surface area contributed by atoms with Gasteiger partial charge in [0.25, 0.3) is 5.91 Å². The third-order valence-corrected chi connectivity index (χ3v) is 6.41. The van der Waals surface area contributed by atoms with Gasteiger partial charge in [-0.2, -0.15) is 0 Å². The number of amidine groups is 1. The van der Waals surface area contributed by atoms with Crippen molar-refractivity contribution in [2.45, 2.75) is 6.54 Å². The first-order valence-electron chi connectivity index (χ1n) is 11.1. The molecule has 0 saturated carbocycles. The highest BCUT2D eigenvalue weighted by molar-refractivity contribution is 8.18. The van der Waals surface area contributed by atoms with Crippen LogP contribution in [0.25, 0.3) is 17.4 Å². The van der Waals surface area contributed by atoms with Crippen molar-refractivity contribution in [3.63, 3.8) is 0 Å². The molecule has 5 rings (SSSR count). The molecule has 0 N–H and O–H groups in total. The molecule has 0 unspecified atom stereocenters. The van der Waals surface area contributed by atoms with Crippen LogP contribution in [-0.4, -0.2) is 34.0 Å². The van der Waals surface area contributed by atoms with Crippen molar-refractivity contribution in [1.29, 1.82) is 0 Å². The molecule has 0 radical (unpaired) electrons. The number of hydrogen-bond donors (Lipinski definition) is 0. The molecule has 0 spiro atoms. The number of methoxy groups -OCH3 is 1. The lowest BCUT2D eigenvalue weighted by molar-refractivity contribution is -0.122. The van der Waals surface area contributed by atoms with Crippen LogP contribution < -0.4 is 0 Å². The Kier molecular flexibility index (Phi) is 6.77. The second kappa shape index (κ2) is 10.5. The van der Waals surface area contributed by atoms with E-state index in [1.807, 2.05) is 48.5 Å². The quantitative estimate of drug-likeness (QED) is 0.243. The fourth-order valence-electron chi connectivity index (χ4n) is 3.65. The molecule has 0 aliphatic carbocycles. The number of rotatable bonds is 6. The Morgan fingerprint density at radius 3 is 2.72 bits per heavy atom. The molecule has 1 saturated heterocycles. The number of carbonyl (C=O) groups excluding carboxylic acids is 2. The average molecular weight is 496 g/mol. The number of amides is 1. The predicted octanol–water partition coefficient (Wildman–Crippen LogP) is 5.93. The molecule has 2 aromatic heterocycles. The summed E-state index contributed by atoms with van der Waals surface area (Å²) >= 11 is 1.30. The van der Waals surface area contributed by atoms with Gasteiger partial charge in [-0.05, 0) is 59.8 Å². The molecule has 178 valence electrons. The van der Waals surface area contributed by atoms with Crippen molar-refractivity contribution < 1.29 is 18.7 Å². The number of aliphatic imine (C=N–C) groups is 1. The predicted molar refractivity (Wildman–Crippen MR) is 139 cm³/mol. The van der Waals surface area contributed by atoms with Crippen molar-refractivity contribution >= 4 is 40.6 Å². The van der Waals surface area contributed by atoms with Crippen LogP contribution in [0.1, 0.15) is 21.7 Å². The number of furan rings is 1. The van der Waals surface area contributed by atoms with Gasteiger partial charge in [-0.1, -0.05) is 36.4 Å². The minimum Gasteiger partial charge on any atom is -0.465 e. The molecule has 0 bridgehead atoms. The summed E-state index contributed by atoms with van der Waals surface area (Å²) in [6.45, 7) is 0.354. The van der Waals surface area contributed by atoms with Crippen LogP contribution in [0.4, 0.5) is 5.69 Å². The molecule has 2 aromatic carbocycles. The fourth-order valence-corrected chi connectivity index (χ4v) is 4.63. The van der Waals surface area contributed by atoms with E-state index in [4.69, 9.17) is 14.1 Å². The normalized spacial score (nSPS) is 15.6. The Balaban J connectivity index is 1.44. The lowest BCUT2D eigenvalue weighted by atomic mass is 10.1. The van der Waals surface area contributed by atoms with Gasteiger partial charge in [0.1, 0.15) is 11.5 Å². The molecule has 4 aromatic rings. The highest BCUT2D eigenvalue weighted by Crippen LogP contribution is 2.36. The number of carbonyl (C=O) groups is 2. The molecule has 3 heterocycles. The summed E-state index contributed by atoms with van der Waals surface area (Å²) in [5, 5.41) is 0.582. The maximum atomic E-state index is 13.4. The third kappa shape index (κ3) is 5.13. The highest BCUT2D eigenvalue weighted by Gasteiger charge is 2.34. The summed E-state index contributed by atoms with van der Waals surface area (Å²) in [5.41, 5.74) is 2.83. The average Bonchev–Trinajstić information content (AvgIpc) is 3.50. The Labute approximate surface area is 212 Å². The van der Waals surface area contributed by atoms with Gasteiger partial charge in [0.15, 0.2) is 5.17 Å². The van der Waals surface area contributed by atoms with E-state index in [-0.39, 0.29) is 5.91 Å². The van der Waals surface area contributed by atoms with Crippen LogP contribution in [0.3, 0.4) is 0 Å². The summed E-state index contributed by atoms with van der Waals surface area (Å²) in [5.74, 6) is 0.516. The van der Waals surface area contributed by atoms with Crippen LogP contribution in [0.15, 0.2) is 106 Å². The van der Waals surface area contributed by atoms with Gasteiger partial charge in [-0.25, -0.2) is 9.79 Å². The van der Waals surface area contributed by atoms with Crippen molar-refractivity contribution in [3.8, 4) is 11.3 Å². The number of esters is 1. The van der Waals surface area contributed by atoms with Gasteiger partial charge in [0, 0.05) is 24.0 Å². The zero-order valence-electron chi connectivity index (χ0n) is 19.3. The van der Waals surface area contributed by atoms with E-state index in [0.717, 1.165) is 16.8 Å². The van der Waals surface area contributed by atoms with Gasteiger partial charge in [-0.3, -0.25) is 14.7 Å². The smallest absolute Gasteiger partial charge is 0.337 e. The Bertz CT molecular complexity index is 1460. The van der Waals surface area contributed by atoms with Gasteiger partial charge in [-0.15, -0.1) is 0 Å². The SMILES string of the molecule is COC(=O)c1cccc(-c2ccc(C=C3SC(=Nc4ccccc4)N(Cc4cccnc4)C3=O)o2)c1. The fraction of sp³-hybridized carbons (Fsp3) is 0.0714. The number of ether oxygens (including phenoxy) is 1. The molecular weight excluding hydrogens is 474 g/mol. The number of benzene rings is 2. The Morgan fingerprint density at radius 2 is 1.94 bits per heavy atom. The van der Waals surface area contributed by atoms with Crippen molar-refractivity contribution in [1.82, 2.24) is 9.88 Å². The van der Waals surface area contributed by atoms with Crippen molar-refractivity contribution in [2.75, 3.05) is 7.11 Å². The lowest BCUT2D eigenvalue weighted by Gasteiger charge is -2.15. The number of thioether (sulfide) groups is 1. The van der Waals surface area contributed by atoms with E-state index in [9.17, 15) is 9.59 Å². The van der Waals surface area contributed by atoms with Crippen LogP contribution in [0.5, 0.6) is 0 Å². The Hall–Kier alpha value is -4.43. The van der Waals surface area contributed by atoms with E-state index < -0.39 is 5.97 Å². The van der Waals surface area contributed by atoms with Gasteiger partial charge >= 0.3 is 5.97 Å². The van der Waals surface area contributed by atoms with Gasteiger partial charge in [0.2, 0.25) is 0 Å².